The van der Waals surface area contributed by atoms with Gasteiger partial charge in [-0.05, 0) is 41.5 Å². The summed E-state index contributed by atoms with van der Waals surface area (Å²) in [6.07, 6.45) is 6.72. The van der Waals surface area contributed by atoms with E-state index >= 15 is 0 Å². The fraction of sp³-hybridized carbons (Fsp3) is 0.150. The highest BCUT2D eigenvalue weighted by Crippen LogP contribution is 2.45. The lowest BCUT2D eigenvalue weighted by atomic mass is 9.97. The van der Waals surface area contributed by atoms with Crippen LogP contribution in [0.25, 0.3) is 23.3 Å². The van der Waals surface area contributed by atoms with Gasteiger partial charge in [-0.25, -0.2) is 0 Å². The smallest absolute Gasteiger partial charge is 0.165 e. The second-order valence-electron chi connectivity index (χ2n) is 5.32. The monoisotopic (exact) mass is 356 g/mol. The minimum Gasteiger partial charge on any atom is -0.504 e. The van der Waals surface area contributed by atoms with Gasteiger partial charge >= 0.3 is 0 Å². The van der Waals surface area contributed by atoms with Gasteiger partial charge in [-0.3, -0.25) is 4.79 Å². The molecule has 6 heteroatoms. The van der Waals surface area contributed by atoms with Gasteiger partial charge in [0.2, 0.25) is 0 Å². The number of carbonyl (C=O) groups excluding carboxylic acids is 1. The van der Waals surface area contributed by atoms with Gasteiger partial charge < -0.3 is 24.8 Å². The van der Waals surface area contributed by atoms with E-state index in [1.54, 1.807) is 42.5 Å². The van der Waals surface area contributed by atoms with Crippen LogP contribution in [0.5, 0.6) is 23.0 Å². The van der Waals surface area contributed by atoms with Crippen molar-refractivity contribution in [2.24, 2.45) is 0 Å². The molecular weight excluding hydrogens is 336 g/mol. The van der Waals surface area contributed by atoms with Crippen LogP contribution in [0.4, 0.5) is 0 Å². The Hall–Kier alpha value is -3.25. The maximum absolute atomic E-state index is 10.6. The van der Waals surface area contributed by atoms with Crippen molar-refractivity contribution < 1.29 is 29.6 Å². The van der Waals surface area contributed by atoms with Crippen LogP contribution in [0.15, 0.2) is 36.4 Å². The molecule has 0 aliphatic rings. The first kappa shape index (κ1) is 19.1. The summed E-state index contributed by atoms with van der Waals surface area (Å²) in [4.78, 5) is 10.6. The summed E-state index contributed by atoms with van der Waals surface area (Å²) in [5.41, 5.74) is 1.90. The summed E-state index contributed by atoms with van der Waals surface area (Å²) in [7, 11) is 2.83. The Morgan fingerprint density at radius 1 is 0.885 bits per heavy atom. The number of benzene rings is 2. The molecular formula is C20H20O6. The molecule has 3 N–H and O–H groups in total. The number of hydrogen-bond donors (Lipinski definition) is 3. The molecule has 6 nitrogen and oxygen atoms in total. The van der Waals surface area contributed by atoms with E-state index in [1.807, 2.05) is 0 Å². The van der Waals surface area contributed by atoms with Crippen LogP contribution in [0, 0.1) is 0 Å². The summed E-state index contributed by atoms with van der Waals surface area (Å²) < 4.78 is 10.4. The number of ether oxygens (including phenoxy) is 2. The summed E-state index contributed by atoms with van der Waals surface area (Å²) in [6.45, 7) is -0.135. The van der Waals surface area contributed by atoms with Crippen molar-refractivity contribution in [3.8, 4) is 34.1 Å². The first-order valence-electron chi connectivity index (χ1n) is 7.77. The first-order valence-corrected chi connectivity index (χ1v) is 7.77. The van der Waals surface area contributed by atoms with Crippen molar-refractivity contribution in [1.29, 1.82) is 0 Å². The molecule has 0 aromatic heterocycles. The van der Waals surface area contributed by atoms with Crippen LogP contribution in [-0.4, -0.2) is 42.4 Å². The average molecular weight is 356 g/mol. The number of carbonyl (C=O) groups is 1. The molecule has 0 atom stereocenters. The Morgan fingerprint density at radius 2 is 1.38 bits per heavy atom. The Balaban J connectivity index is 2.74. The molecule has 26 heavy (non-hydrogen) atoms. The number of phenolic OH excluding ortho intramolecular Hbond substituents is 2. The highest BCUT2D eigenvalue weighted by molar-refractivity contribution is 5.85. The van der Waals surface area contributed by atoms with Gasteiger partial charge in [-0.15, -0.1) is 0 Å². The van der Waals surface area contributed by atoms with Crippen molar-refractivity contribution in [1.82, 2.24) is 0 Å². The normalized spacial score (nSPS) is 11.2. The van der Waals surface area contributed by atoms with Gasteiger partial charge in [0.15, 0.2) is 23.0 Å². The third-order valence-corrected chi connectivity index (χ3v) is 3.71. The molecule has 2 rings (SSSR count). The maximum Gasteiger partial charge on any atom is 0.165 e. The van der Waals surface area contributed by atoms with E-state index in [0.717, 1.165) is 0 Å². The van der Waals surface area contributed by atoms with E-state index < -0.39 is 0 Å². The SMILES string of the molecule is COc1cc(/C=C\CO)cc(-c2cc(/C=C/C=O)cc(OC)c2O)c1O. The van der Waals surface area contributed by atoms with E-state index in [4.69, 9.17) is 14.6 Å². The highest BCUT2D eigenvalue weighted by Gasteiger charge is 2.18. The fourth-order valence-electron chi connectivity index (χ4n) is 2.51. The minimum absolute atomic E-state index is 0.135. The van der Waals surface area contributed by atoms with Gasteiger partial charge in [0, 0.05) is 11.1 Å². The van der Waals surface area contributed by atoms with Gasteiger partial charge in [-0.1, -0.05) is 18.2 Å². The number of aromatic hydroxyl groups is 2. The standard InChI is InChI=1S/C20H20O6/c1-25-17-11-13(5-3-7-21)9-15(19(17)23)16-10-14(6-4-8-22)12-18(26-2)20(16)24/h3-7,9-12,22-24H,8H2,1-2H3/b5-3+,6-4-. The van der Waals surface area contributed by atoms with Crippen molar-refractivity contribution in [3.05, 3.63) is 47.5 Å². The number of aliphatic hydroxyl groups is 1. The molecule has 0 bridgehead atoms. The van der Waals surface area contributed by atoms with E-state index in [1.165, 1.54) is 20.3 Å². The molecule has 0 unspecified atom stereocenters. The Labute approximate surface area is 151 Å². The van der Waals surface area contributed by atoms with Gasteiger partial charge in [-0.2, -0.15) is 0 Å². The minimum atomic E-state index is -0.156. The maximum atomic E-state index is 10.6. The molecule has 0 saturated carbocycles. The quantitative estimate of drug-likeness (QED) is 0.521. The Morgan fingerprint density at radius 3 is 1.81 bits per heavy atom. The lowest BCUT2D eigenvalue weighted by Gasteiger charge is -2.15. The molecule has 2 aromatic carbocycles. The van der Waals surface area contributed by atoms with Crippen molar-refractivity contribution >= 4 is 18.4 Å². The number of rotatable bonds is 7. The zero-order chi connectivity index (χ0) is 19.1. The molecule has 136 valence electrons. The molecule has 0 amide bonds. The number of allylic oxidation sites excluding steroid dienone is 1. The van der Waals surface area contributed by atoms with Crippen molar-refractivity contribution in [3.63, 3.8) is 0 Å². The van der Waals surface area contributed by atoms with Crippen LogP contribution < -0.4 is 9.47 Å². The van der Waals surface area contributed by atoms with Gasteiger partial charge in [0.05, 0.1) is 20.8 Å². The van der Waals surface area contributed by atoms with E-state index in [-0.39, 0.29) is 29.6 Å². The molecule has 0 heterocycles. The number of aliphatic hydroxyl groups excluding tert-OH is 1. The van der Waals surface area contributed by atoms with E-state index in [2.05, 4.69) is 0 Å². The lowest BCUT2D eigenvalue weighted by Crippen LogP contribution is -1.92. The Kier molecular flexibility index (Phi) is 6.41. The third-order valence-electron chi connectivity index (χ3n) is 3.71. The van der Waals surface area contributed by atoms with Crippen molar-refractivity contribution in [2.45, 2.75) is 0 Å². The molecule has 0 fully saturated rings. The zero-order valence-electron chi connectivity index (χ0n) is 14.5. The van der Waals surface area contributed by atoms with Crippen LogP contribution in [0.3, 0.4) is 0 Å². The molecule has 0 spiro atoms. The zero-order valence-corrected chi connectivity index (χ0v) is 14.5. The fourth-order valence-corrected chi connectivity index (χ4v) is 2.51. The number of aldehydes is 1. The summed E-state index contributed by atoms with van der Waals surface area (Å²) >= 11 is 0. The van der Waals surface area contributed by atoms with Crippen LogP contribution in [0.1, 0.15) is 11.1 Å². The largest absolute Gasteiger partial charge is 0.504 e. The summed E-state index contributed by atoms with van der Waals surface area (Å²) in [5.74, 6) is 0.105. The first-order chi connectivity index (χ1) is 12.5. The second-order valence-corrected chi connectivity index (χ2v) is 5.32. The molecule has 2 aromatic rings. The molecule has 0 aliphatic heterocycles. The molecule has 0 saturated heterocycles. The highest BCUT2D eigenvalue weighted by atomic mass is 16.5. The third kappa shape index (κ3) is 4.04. The number of hydrogen-bond acceptors (Lipinski definition) is 6. The van der Waals surface area contributed by atoms with Gasteiger partial charge in [0.1, 0.15) is 6.29 Å². The predicted molar refractivity (Wildman–Crippen MR) is 99.5 cm³/mol. The second kappa shape index (κ2) is 8.73. The van der Waals surface area contributed by atoms with E-state index in [9.17, 15) is 15.0 Å². The van der Waals surface area contributed by atoms with E-state index in [0.29, 0.717) is 28.5 Å². The number of methoxy groups -OCH3 is 2. The van der Waals surface area contributed by atoms with Crippen LogP contribution in [0.2, 0.25) is 0 Å². The Bertz CT molecular complexity index is 852. The topological polar surface area (TPSA) is 96.2 Å². The molecule has 0 aliphatic carbocycles. The predicted octanol–water partition coefficient (Wildman–Crippen LogP) is 3.00. The van der Waals surface area contributed by atoms with Crippen LogP contribution in [-0.2, 0) is 4.79 Å². The van der Waals surface area contributed by atoms with Crippen LogP contribution >= 0.6 is 0 Å². The summed E-state index contributed by atoms with van der Waals surface area (Å²) in [6, 6.07) is 6.44. The van der Waals surface area contributed by atoms with Crippen molar-refractivity contribution in [2.75, 3.05) is 20.8 Å². The number of phenols is 2. The average Bonchev–Trinajstić information content (AvgIpc) is 2.66. The summed E-state index contributed by atoms with van der Waals surface area (Å²) in [5, 5.41) is 30.0. The van der Waals surface area contributed by atoms with Gasteiger partial charge in [0.25, 0.3) is 0 Å². The lowest BCUT2D eigenvalue weighted by molar-refractivity contribution is -0.104. The molecule has 0 radical (unpaired) electrons.